The van der Waals surface area contributed by atoms with Gasteiger partial charge in [-0.15, -0.1) is 0 Å². The molecule has 0 aliphatic carbocycles. The molecule has 0 N–H and O–H groups in total. The van der Waals surface area contributed by atoms with Crippen LogP contribution < -0.4 is 4.74 Å². The van der Waals surface area contributed by atoms with Crippen LogP contribution >= 0.6 is 0 Å². The van der Waals surface area contributed by atoms with Crippen LogP contribution in [0.3, 0.4) is 0 Å². The monoisotopic (exact) mass is 348 g/mol. The van der Waals surface area contributed by atoms with Gasteiger partial charge in [0.1, 0.15) is 5.75 Å². The van der Waals surface area contributed by atoms with Crippen molar-refractivity contribution in [3.8, 4) is 5.75 Å². The lowest BCUT2D eigenvalue weighted by molar-refractivity contribution is 0.229. The summed E-state index contributed by atoms with van der Waals surface area (Å²) >= 11 is 0. The Morgan fingerprint density at radius 3 is 2.31 bits per heavy atom. The van der Waals surface area contributed by atoms with Crippen LogP contribution in [0.2, 0.25) is 0 Å². The van der Waals surface area contributed by atoms with Crippen LogP contribution in [0.25, 0.3) is 0 Å². The van der Waals surface area contributed by atoms with Crippen molar-refractivity contribution in [1.82, 2.24) is 19.9 Å². The first-order valence-corrected chi connectivity index (χ1v) is 8.93. The second-order valence-corrected chi connectivity index (χ2v) is 6.13. The molecule has 0 bridgehead atoms. The highest BCUT2D eigenvalue weighted by Gasteiger charge is 2.07. The molecule has 0 aromatic carbocycles. The summed E-state index contributed by atoms with van der Waals surface area (Å²) in [5.74, 6) is 0.823. The molecule has 3 aromatic heterocycles. The second-order valence-electron chi connectivity index (χ2n) is 6.13. The average molecular weight is 348 g/mol. The van der Waals surface area contributed by atoms with Gasteiger partial charge < -0.3 is 4.74 Å². The van der Waals surface area contributed by atoms with Crippen LogP contribution in [-0.4, -0.2) is 39.5 Å². The predicted molar refractivity (Wildman–Crippen MR) is 102 cm³/mol. The minimum atomic E-state index is 0.686. The molecule has 5 heteroatoms. The van der Waals surface area contributed by atoms with E-state index in [1.165, 1.54) is 11.1 Å². The summed E-state index contributed by atoms with van der Waals surface area (Å²) in [6.07, 6.45) is 12.9. The van der Waals surface area contributed by atoms with Gasteiger partial charge in [-0.1, -0.05) is 6.07 Å². The standard InChI is InChI=1S/C21H24N4O/c1-4-19(16-23-9-1)8-14-25(18-20-6-11-22-12-7-20)13-3-15-26-21-5-2-10-24-17-21/h1-2,4-7,9-12,16-17H,3,8,13-15,18H2. The van der Waals surface area contributed by atoms with Gasteiger partial charge in [0.2, 0.25) is 0 Å². The zero-order chi connectivity index (χ0) is 17.9. The van der Waals surface area contributed by atoms with Crippen LogP contribution in [0.15, 0.2) is 73.6 Å². The van der Waals surface area contributed by atoms with Crippen molar-refractivity contribution in [2.45, 2.75) is 19.4 Å². The summed E-state index contributed by atoms with van der Waals surface area (Å²) in [4.78, 5) is 14.8. The molecule has 134 valence electrons. The molecule has 0 amide bonds. The third kappa shape index (κ3) is 6.26. The summed E-state index contributed by atoms with van der Waals surface area (Å²) in [7, 11) is 0. The van der Waals surface area contributed by atoms with Crippen molar-refractivity contribution in [3.05, 3.63) is 84.7 Å². The third-order valence-electron chi connectivity index (χ3n) is 4.12. The maximum atomic E-state index is 5.76. The highest BCUT2D eigenvalue weighted by molar-refractivity contribution is 5.15. The molecule has 0 unspecified atom stereocenters. The van der Waals surface area contributed by atoms with Crippen LogP contribution in [0, 0.1) is 0 Å². The Bertz CT molecular complexity index is 738. The van der Waals surface area contributed by atoms with Crippen LogP contribution in [0.5, 0.6) is 5.75 Å². The molecular formula is C21H24N4O. The topological polar surface area (TPSA) is 51.1 Å². The van der Waals surface area contributed by atoms with Gasteiger partial charge in [0.05, 0.1) is 12.8 Å². The van der Waals surface area contributed by atoms with Crippen molar-refractivity contribution in [1.29, 1.82) is 0 Å². The summed E-state index contributed by atoms with van der Waals surface area (Å²) in [5, 5.41) is 0. The normalized spacial score (nSPS) is 10.8. The Hall–Kier alpha value is -2.79. The van der Waals surface area contributed by atoms with Crippen molar-refractivity contribution < 1.29 is 4.74 Å². The number of nitrogens with zero attached hydrogens (tertiary/aromatic N) is 4. The molecule has 0 radical (unpaired) electrons. The predicted octanol–water partition coefficient (Wildman–Crippen LogP) is 3.39. The van der Waals surface area contributed by atoms with Crippen molar-refractivity contribution in [3.63, 3.8) is 0 Å². The Morgan fingerprint density at radius 1 is 0.769 bits per heavy atom. The van der Waals surface area contributed by atoms with Gasteiger partial charge in [-0.3, -0.25) is 19.9 Å². The lowest BCUT2D eigenvalue weighted by atomic mass is 10.2. The van der Waals surface area contributed by atoms with E-state index in [2.05, 4.69) is 38.1 Å². The number of pyridine rings is 3. The van der Waals surface area contributed by atoms with E-state index in [1.807, 2.05) is 43.0 Å². The highest BCUT2D eigenvalue weighted by atomic mass is 16.5. The SMILES string of the molecule is c1cncc(CCN(CCCOc2cccnc2)Cc2ccncc2)c1. The van der Waals surface area contributed by atoms with Crippen molar-refractivity contribution >= 4 is 0 Å². The number of rotatable bonds is 10. The summed E-state index contributed by atoms with van der Waals surface area (Å²) in [5.41, 5.74) is 2.54. The number of hydrogen-bond acceptors (Lipinski definition) is 5. The largest absolute Gasteiger partial charge is 0.492 e. The average Bonchev–Trinajstić information content (AvgIpc) is 2.71. The van der Waals surface area contributed by atoms with E-state index in [4.69, 9.17) is 4.74 Å². The highest BCUT2D eigenvalue weighted by Crippen LogP contribution is 2.09. The first kappa shape index (κ1) is 18.0. The fourth-order valence-electron chi connectivity index (χ4n) is 2.76. The van der Waals surface area contributed by atoms with Gasteiger partial charge in [-0.25, -0.2) is 0 Å². The molecule has 0 atom stereocenters. The molecule has 3 rings (SSSR count). The van der Waals surface area contributed by atoms with Gasteiger partial charge in [0.15, 0.2) is 0 Å². The van der Waals surface area contributed by atoms with Crippen molar-refractivity contribution in [2.75, 3.05) is 19.7 Å². The molecule has 0 aliphatic heterocycles. The Labute approximate surface area is 154 Å². The molecule has 5 nitrogen and oxygen atoms in total. The van der Waals surface area contributed by atoms with Gasteiger partial charge >= 0.3 is 0 Å². The van der Waals surface area contributed by atoms with E-state index < -0.39 is 0 Å². The van der Waals surface area contributed by atoms with Gasteiger partial charge in [0, 0.05) is 50.6 Å². The van der Waals surface area contributed by atoms with Gasteiger partial charge in [-0.05, 0) is 54.3 Å². The van der Waals surface area contributed by atoms with Crippen LogP contribution in [0.4, 0.5) is 0 Å². The Balaban J connectivity index is 1.50. The maximum Gasteiger partial charge on any atom is 0.137 e. The summed E-state index contributed by atoms with van der Waals surface area (Å²) in [6, 6.07) is 12.1. The van der Waals surface area contributed by atoms with E-state index in [0.29, 0.717) is 6.61 Å². The number of hydrogen-bond donors (Lipinski definition) is 0. The quantitative estimate of drug-likeness (QED) is 0.526. The van der Waals surface area contributed by atoms with Gasteiger partial charge in [0.25, 0.3) is 0 Å². The molecule has 0 spiro atoms. The molecule has 26 heavy (non-hydrogen) atoms. The first-order chi connectivity index (χ1) is 12.9. The van der Waals surface area contributed by atoms with Crippen LogP contribution in [-0.2, 0) is 13.0 Å². The first-order valence-electron chi connectivity index (χ1n) is 8.93. The lowest BCUT2D eigenvalue weighted by Gasteiger charge is -2.22. The van der Waals surface area contributed by atoms with Crippen molar-refractivity contribution in [2.24, 2.45) is 0 Å². The van der Waals surface area contributed by atoms with E-state index >= 15 is 0 Å². The zero-order valence-corrected chi connectivity index (χ0v) is 14.9. The third-order valence-corrected chi connectivity index (χ3v) is 4.12. The minimum absolute atomic E-state index is 0.686. The van der Waals surface area contributed by atoms with E-state index in [1.54, 1.807) is 12.4 Å². The van der Waals surface area contributed by atoms with E-state index in [0.717, 1.165) is 38.2 Å². The van der Waals surface area contributed by atoms with E-state index in [9.17, 15) is 0 Å². The summed E-state index contributed by atoms with van der Waals surface area (Å²) < 4.78 is 5.76. The number of ether oxygens (including phenoxy) is 1. The Kier molecular flexibility index (Phi) is 7.11. The molecular weight excluding hydrogens is 324 g/mol. The van der Waals surface area contributed by atoms with Crippen LogP contribution in [0.1, 0.15) is 17.5 Å². The zero-order valence-electron chi connectivity index (χ0n) is 14.9. The molecule has 0 aliphatic rings. The summed E-state index contributed by atoms with van der Waals surface area (Å²) in [6.45, 7) is 3.56. The minimum Gasteiger partial charge on any atom is -0.492 e. The fraction of sp³-hybridized carbons (Fsp3) is 0.286. The molecule has 0 fully saturated rings. The molecule has 0 saturated heterocycles. The van der Waals surface area contributed by atoms with Gasteiger partial charge in [-0.2, -0.15) is 0 Å². The molecule has 3 aromatic rings. The molecule has 0 saturated carbocycles. The van der Waals surface area contributed by atoms with E-state index in [-0.39, 0.29) is 0 Å². The smallest absolute Gasteiger partial charge is 0.137 e. The molecule has 3 heterocycles. The number of aromatic nitrogens is 3. The Morgan fingerprint density at radius 2 is 1.58 bits per heavy atom. The lowest BCUT2D eigenvalue weighted by Crippen LogP contribution is -2.28. The fourth-order valence-corrected chi connectivity index (χ4v) is 2.76. The maximum absolute atomic E-state index is 5.76. The second kappa shape index (κ2) is 10.3.